The topological polar surface area (TPSA) is 75.7 Å². The van der Waals surface area contributed by atoms with Crippen LogP contribution in [0.1, 0.15) is 39.5 Å². The van der Waals surface area contributed by atoms with E-state index in [4.69, 9.17) is 0 Å². The van der Waals surface area contributed by atoms with E-state index in [0.717, 1.165) is 31.8 Å². The number of nitrogens with zero attached hydrogens (tertiary/aromatic N) is 1. The Morgan fingerprint density at radius 2 is 1.83 bits per heavy atom. The van der Waals surface area contributed by atoms with Crippen LogP contribution in [0.2, 0.25) is 0 Å². The number of allylic oxidation sites excluding steroid dienone is 1. The third kappa shape index (κ3) is 2.55. The number of methoxy groups -OCH3 is 1. The van der Waals surface area contributed by atoms with E-state index in [1.165, 1.54) is 6.92 Å². The van der Waals surface area contributed by atoms with E-state index in [0.29, 0.717) is 12.8 Å². The molecule has 0 aromatic rings. The van der Waals surface area contributed by atoms with Crippen molar-refractivity contribution in [2.45, 2.75) is 57.3 Å². The minimum atomic E-state index is -5.19. The number of ether oxygens (including phenoxy) is 1. The fourth-order valence-electron chi connectivity index (χ4n) is 3.55. The Morgan fingerprint density at radius 1 is 1.29 bits per heavy atom. The van der Waals surface area contributed by atoms with Gasteiger partial charge in [0.05, 0.1) is 7.11 Å². The van der Waals surface area contributed by atoms with Crippen molar-refractivity contribution in [3.8, 4) is 0 Å². The molecule has 2 amide bonds. The number of amides is 2. The Labute approximate surface area is 137 Å². The minimum absolute atomic E-state index is 0.121. The highest BCUT2D eigenvalue weighted by Crippen LogP contribution is 2.47. The molecule has 0 radical (unpaired) electrons. The quantitative estimate of drug-likeness (QED) is 0.787. The van der Waals surface area contributed by atoms with Gasteiger partial charge in [0, 0.05) is 18.7 Å². The number of hydrogen-bond donors (Lipinski definition) is 1. The number of nitrogens with one attached hydrogen (secondary N) is 1. The second-order valence-corrected chi connectivity index (χ2v) is 5.99. The third-order valence-electron chi connectivity index (χ3n) is 4.51. The van der Waals surface area contributed by atoms with Crippen molar-refractivity contribution >= 4 is 17.8 Å². The average molecular weight is 348 g/mol. The van der Waals surface area contributed by atoms with Gasteiger partial charge in [-0.15, -0.1) is 0 Å². The monoisotopic (exact) mass is 348 g/mol. The number of carbonyl (C=O) groups is 3. The summed E-state index contributed by atoms with van der Waals surface area (Å²) in [6.45, 7) is 2.14. The predicted molar refractivity (Wildman–Crippen MR) is 76.4 cm³/mol. The standard InChI is InChI=1S/C15H19F3N2O4/c1-8-11(12(22)24-3)14(15(16,17)18,19-9(2)21)13(23)20(8)10-6-4-5-7-10/h10H,4-7H2,1-3H3,(H,19,21)/t14-/m1/s1. The van der Waals surface area contributed by atoms with Gasteiger partial charge in [-0.05, 0) is 19.8 Å². The first kappa shape index (κ1) is 18.3. The number of carbonyl (C=O) groups excluding carboxylic acids is 3. The molecule has 0 bridgehead atoms. The molecule has 134 valence electrons. The molecule has 6 nitrogen and oxygen atoms in total. The maximum absolute atomic E-state index is 13.9. The zero-order valence-corrected chi connectivity index (χ0v) is 13.6. The van der Waals surface area contributed by atoms with Gasteiger partial charge in [0.25, 0.3) is 5.91 Å². The Bertz CT molecular complexity index is 608. The van der Waals surface area contributed by atoms with Gasteiger partial charge >= 0.3 is 12.1 Å². The van der Waals surface area contributed by atoms with E-state index >= 15 is 0 Å². The Hall–Kier alpha value is -2.06. The van der Waals surface area contributed by atoms with Gasteiger partial charge in [0.1, 0.15) is 5.57 Å². The fraction of sp³-hybridized carbons (Fsp3) is 0.667. The van der Waals surface area contributed by atoms with Gasteiger partial charge < -0.3 is 15.0 Å². The Kier molecular flexibility index (Phi) is 4.65. The molecule has 0 aromatic carbocycles. The first-order valence-corrected chi connectivity index (χ1v) is 7.56. The highest BCUT2D eigenvalue weighted by atomic mass is 19.4. The zero-order valence-electron chi connectivity index (χ0n) is 13.6. The smallest absolute Gasteiger partial charge is 0.425 e. The molecule has 2 aliphatic rings. The van der Waals surface area contributed by atoms with Crippen LogP contribution in [0.3, 0.4) is 0 Å². The van der Waals surface area contributed by atoms with Crippen molar-refractivity contribution in [2.75, 3.05) is 7.11 Å². The molecule has 0 saturated heterocycles. The van der Waals surface area contributed by atoms with Gasteiger partial charge in [-0.1, -0.05) is 12.8 Å². The molecule has 0 spiro atoms. The van der Waals surface area contributed by atoms with Crippen molar-refractivity contribution in [3.63, 3.8) is 0 Å². The number of rotatable bonds is 3. The molecule has 2 rings (SSSR count). The first-order chi connectivity index (χ1) is 11.1. The lowest BCUT2D eigenvalue weighted by atomic mass is 9.89. The summed E-state index contributed by atoms with van der Waals surface area (Å²) < 4.78 is 46.2. The van der Waals surface area contributed by atoms with Crippen molar-refractivity contribution in [3.05, 3.63) is 11.3 Å². The van der Waals surface area contributed by atoms with Crippen molar-refractivity contribution in [1.82, 2.24) is 10.2 Å². The number of hydrogen-bond acceptors (Lipinski definition) is 4. The summed E-state index contributed by atoms with van der Waals surface area (Å²) in [6.07, 6.45) is -2.52. The lowest BCUT2D eigenvalue weighted by Gasteiger charge is -2.34. The molecule has 1 aliphatic carbocycles. The molecule has 1 fully saturated rings. The molecule has 1 aliphatic heterocycles. The summed E-state index contributed by atoms with van der Waals surface area (Å²) in [5.74, 6) is -3.70. The van der Waals surface area contributed by atoms with E-state index in [1.54, 1.807) is 5.32 Å². The molecule has 1 atom stereocenters. The van der Waals surface area contributed by atoms with Crippen LogP contribution in [0, 0.1) is 0 Å². The van der Waals surface area contributed by atoms with Crippen molar-refractivity contribution in [2.24, 2.45) is 0 Å². The second-order valence-electron chi connectivity index (χ2n) is 5.99. The Balaban J connectivity index is 2.68. The number of esters is 1. The lowest BCUT2D eigenvalue weighted by molar-refractivity contribution is -0.196. The summed E-state index contributed by atoms with van der Waals surface area (Å²) in [6, 6.07) is -0.421. The van der Waals surface area contributed by atoms with Gasteiger partial charge in [-0.3, -0.25) is 9.59 Å². The molecule has 9 heteroatoms. The van der Waals surface area contributed by atoms with Gasteiger partial charge in [0.15, 0.2) is 0 Å². The highest BCUT2D eigenvalue weighted by molar-refractivity contribution is 6.10. The maximum Gasteiger partial charge on any atom is 0.425 e. The van der Waals surface area contributed by atoms with E-state index in [1.807, 2.05) is 0 Å². The molecule has 1 saturated carbocycles. The third-order valence-corrected chi connectivity index (χ3v) is 4.51. The molecule has 0 aromatic heterocycles. The van der Waals surface area contributed by atoms with E-state index < -0.39 is 41.1 Å². The lowest BCUT2D eigenvalue weighted by Crippen LogP contribution is -2.66. The minimum Gasteiger partial charge on any atom is -0.466 e. The molecular weight excluding hydrogens is 329 g/mol. The molecule has 1 heterocycles. The molecule has 24 heavy (non-hydrogen) atoms. The highest BCUT2D eigenvalue weighted by Gasteiger charge is 2.71. The van der Waals surface area contributed by atoms with Gasteiger partial charge in [-0.25, -0.2) is 4.79 Å². The summed E-state index contributed by atoms with van der Waals surface area (Å²) in [5, 5.41) is 1.68. The summed E-state index contributed by atoms with van der Waals surface area (Å²) in [7, 11) is 0.931. The van der Waals surface area contributed by atoms with Crippen molar-refractivity contribution in [1.29, 1.82) is 0 Å². The van der Waals surface area contributed by atoms with Crippen LogP contribution in [0.5, 0.6) is 0 Å². The molecular formula is C15H19F3N2O4. The van der Waals surface area contributed by atoms with Gasteiger partial charge in [0.2, 0.25) is 11.4 Å². The van der Waals surface area contributed by atoms with Gasteiger partial charge in [-0.2, -0.15) is 13.2 Å². The number of halogens is 3. The van der Waals surface area contributed by atoms with Crippen LogP contribution in [0.4, 0.5) is 13.2 Å². The van der Waals surface area contributed by atoms with Crippen LogP contribution >= 0.6 is 0 Å². The fourth-order valence-corrected chi connectivity index (χ4v) is 3.55. The molecule has 1 N–H and O–H groups in total. The normalized spacial score (nSPS) is 25.4. The Morgan fingerprint density at radius 3 is 2.25 bits per heavy atom. The predicted octanol–water partition coefficient (Wildman–Crippen LogP) is 1.66. The SMILES string of the molecule is COC(=O)C1=C(C)N(C2CCCC2)C(=O)[C@@]1(NC(C)=O)C(F)(F)F. The largest absolute Gasteiger partial charge is 0.466 e. The number of alkyl halides is 3. The van der Waals surface area contributed by atoms with Crippen LogP contribution < -0.4 is 5.32 Å². The van der Waals surface area contributed by atoms with E-state index in [-0.39, 0.29) is 5.70 Å². The summed E-state index contributed by atoms with van der Waals surface area (Å²) in [4.78, 5) is 37.3. The van der Waals surface area contributed by atoms with Crippen LogP contribution in [-0.2, 0) is 19.1 Å². The summed E-state index contributed by atoms with van der Waals surface area (Å²) >= 11 is 0. The second kappa shape index (κ2) is 6.10. The van der Waals surface area contributed by atoms with Crippen LogP contribution in [-0.4, -0.2) is 47.6 Å². The van der Waals surface area contributed by atoms with Crippen LogP contribution in [0.25, 0.3) is 0 Å². The van der Waals surface area contributed by atoms with E-state index in [9.17, 15) is 27.6 Å². The first-order valence-electron chi connectivity index (χ1n) is 7.56. The zero-order chi connectivity index (χ0) is 18.3. The summed E-state index contributed by atoms with van der Waals surface area (Å²) in [5.41, 5.74) is -4.40. The molecule has 0 unspecified atom stereocenters. The average Bonchev–Trinajstić information content (AvgIpc) is 3.04. The van der Waals surface area contributed by atoms with E-state index in [2.05, 4.69) is 4.74 Å². The van der Waals surface area contributed by atoms with Crippen molar-refractivity contribution < 1.29 is 32.3 Å². The maximum atomic E-state index is 13.9. The van der Waals surface area contributed by atoms with Crippen LogP contribution in [0.15, 0.2) is 11.3 Å².